The number of aliphatic carboxylic acids is 1. The molecule has 0 atom stereocenters. The van der Waals surface area contributed by atoms with Crippen molar-refractivity contribution < 1.29 is 14.7 Å². The molecule has 4 nitrogen and oxygen atoms in total. The fourth-order valence-corrected chi connectivity index (χ4v) is 3.81. The van der Waals surface area contributed by atoms with E-state index in [4.69, 9.17) is 5.11 Å². The molecule has 0 bridgehead atoms. The van der Waals surface area contributed by atoms with Crippen LogP contribution >= 0.6 is 47.8 Å². The van der Waals surface area contributed by atoms with Crippen molar-refractivity contribution in [3.8, 4) is 0 Å². The lowest BCUT2D eigenvalue weighted by Gasteiger charge is -2.09. The third kappa shape index (κ3) is 6.38. The molecule has 1 N–H and O–H groups in total. The van der Waals surface area contributed by atoms with Crippen LogP contribution in [-0.4, -0.2) is 21.4 Å². The van der Waals surface area contributed by atoms with E-state index in [1.54, 1.807) is 0 Å². The SMILES string of the molecule is CCCCC(=O)O.Cc1ccn(C)c1C(=O)c1cc(Br)cc(Br)c1Br. The molecule has 2 aromatic rings. The Labute approximate surface area is 173 Å². The molecule has 25 heavy (non-hydrogen) atoms. The van der Waals surface area contributed by atoms with Crippen LogP contribution in [0.4, 0.5) is 0 Å². The van der Waals surface area contributed by atoms with E-state index in [1.807, 2.05) is 49.9 Å². The molecule has 1 heterocycles. The number of carbonyl (C=O) groups is 2. The van der Waals surface area contributed by atoms with E-state index in [9.17, 15) is 9.59 Å². The van der Waals surface area contributed by atoms with Gasteiger partial charge in [0.05, 0.1) is 5.69 Å². The summed E-state index contributed by atoms with van der Waals surface area (Å²) < 4.78 is 4.34. The van der Waals surface area contributed by atoms with E-state index in [1.165, 1.54) is 0 Å². The van der Waals surface area contributed by atoms with Gasteiger partial charge in [-0.05, 0) is 69.0 Å². The van der Waals surface area contributed by atoms with Crippen LogP contribution < -0.4 is 0 Å². The molecule has 0 fully saturated rings. The number of carbonyl (C=O) groups excluding carboxylic acids is 1. The molecule has 0 amide bonds. The number of unbranched alkanes of at least 4 members (excludes halogenated alkanes) is 1. The van der Waals surface area contributed by atoms with Crippen molar-refractivity contribution in [3.05, 3.63) is 54.6 Å². The molecule has 0 saturated heterocycles. The standard InChI is InChI=1S/C13H10Br3NO.C5H10O2/c1-7-3-4-17(2)12(7)13(18)9-5-8(14)6-10(15)11(9)16;1-2-3-4-5(6)7/h3-6H,1-2H3;2-4H2,1H3,(H,6,7). The normalized spacial score (nSPS) is 10.2. The van der Waals surface area contributed by atoms with Crippen molar-refractivity contribution in [2.75, 3.05) is 0 Å². The smallest absolute Gasteiger partial charge is 0.303 e. The Morgan fingerprint density at radius 2 is 1.84 bits per heavy atom. The number of carboxylic acid groups (broad SMARTS) is 1. The van der Waals surface area contributed by atoms with Crippen LogP contribution in [0.25, 0.3) is 0 Å². The average Bonchev–Trinajstić information content (AvgIpc) is 2.87. The molecule has 1 aromatic heterocycles. The Bertz CT molecular complexity index is 750. The van der Waals surface area contributed by atoms with Gasteiger partial charge in [0.25, 0.3) is 0 Å². The number of aryl methyl sites for hydroxylation is 2. The number of benzene rings is 1. The highest BCUT2D eigenvalue weighted by atomic mass is 79.9. The summed E-state index contributed by atoms with van der Waals surface area (Å²) in [5.74, 6) is -0.685. The first-order chi connectivity index (χ1) is 11.7. The minimum atomic E-state index is -0.693. The van der Waals surface area contributed by atoms with Crippen LogP contribution in [0.15, 0.2) is 37.8 Å². The zero-order chi connectivity index (χ0) is 19.1. The van der Waals surface area contributed by atoms with Crippen LogP contribution in [0.5, 0.6) is 0 Å². The van der Waals surface area contributed by atoms with E-state index in [0.717, 1.165) is 31.8 Å². The third-order valence-electron chi connectivity index (χ3n) is 3.47. The summed E-state index contributed by atoms with van der Waals surface area (Å²) in [6, 6.07) is 5.66. The molecule has 0 unspecified atom stereocenters. The van der Waals surface area contributed by atoms with Crippen molar-refractivity contribution in [2.24, 2.45) is 7.05 Å². The van der Waals surface area contributed by atoms with Crippen molar-refractivity contribution in [3.63, 3.8) is 0 Å². The minimum absolute atomic E-state index is 0.00822. The summed E-state index contributed by atoms with van der Waals surface area (Å²) in [5, 5.41) is 8.04. The average molecular weight is 538 g/mol. The van der Waals surface area contributed by atoms with Crippen molar-refractivity contribution in [1.29, 1.82) is 0 Å². The first-order valence-electron chi connectivity index (χ1n) is 7.72. The predicted molar refractivity (Wildman–Crippen MR) is 110 cm³/mol. The van der Waals surface area contributed by atoms with Gasteiger partial charge in [-0.2, -0.15) is 0 Å². The van der Waals surface area contributed by atoms with E-state index < -0.39 is 5.97 Å². The van der Waals surface area contributed by atoms with Crippen molar-refractivity contribution in [2.45, 2.75) is 33.1 Å². The molecule has 0 spiro atoms. The van der Waals surface area contributed by atoms with Crippen LogP contribution in [0, 0.1) is 6.92 Å². The summed E-state index contributed by atoms with van der Waals surface area (Å²) >= 11 is 10.3. The maximum atomic E-state index is 12.6. The zero-order valence-electron chi connectivity index (χ0n) is 14.3. The summed E-state index contributed by atoms with van der Waals surface area (Å²) in [4.78, 5) is 22.3. The van der Waals surface area contributed by atoms with Crippen LogP contribution in [-0.2, 0) is 11.8 Å². The monoisotopic (exact) mass is 535 g/mol. The van der Waals surface area contributed by atoms with Gasteiger partial charge < -0.3 is 9.67 Å². The number of carboxylic acids is 1. The zero-order valence-corrected chi connectivity index (χ0v) is 19.0. The highest BCUT2D eigenvalue weighted by molar-refractivity contribution is 9.13. The van der Waals surface area contributed by atoms with E-state index >= 15 is 0 Å². The molecular weight excluding hydrogens is 518 g/mol. The van der Waals surface area contributed by atoms with Gasteiger partial charge in [0.15, 0.2) is 0 Å². The Morgan fingerprint density at radius 1 is 1.20 bits per heavy atom. The minimum Gasteiger partial charge on any atom is -0.481 e. The number of halogens is 3. The summed E-state index contributed by atoms with van der Waals surface area (Å²) in [7, 11) is 1.88. The molecule has 0 aliphatic rings. The van der Waals surface area contributed by atoms with Gasteiger partial charge in [0, 0.05) is 38.6 Å². The van der Waals surface area contributed by atoms with Crippen molar-refractivity contribution in [1.82, 2.24) is 4.57 Å². The van der Waals surface area contributed by atoms with Gasteiger partial charge in [-0.25, -0.2) is 0 Å². The lowest BCUT2D eigenvalue weighted by Crippen LogP contribution is -2.09. The van der Waals surface area contributed by atoms with E-state index in [-0.39, 0.29) is 5.78 Å². The summed E-state index contributed by atoms with van der Waals surface area (Å²) in [6.07, 6.45) is 3.97. The number of hydrogen-bond acceptors (Lipinski definition) is 2. The topological polar surface area (TPSA) is 59.3 Å². The van der Waals surface area contributed by atoms with Gasteiger partial charge >= 0.3 is 5.97 Å². The molecule has 1 aromatic carbocycles. The fourth-order valence-electron chi connectivity index (χ4n) is 2.17. The highest BCUT2D eigenvalue weighted by Crippen LogP contribution is 2.32. The quantitative estimate of drug-likeness (QED) is 0.369. The van der Waals surface area contributed by atoms with Gasteiger partial charge in [-0.3, -0.25) is 9.59 Å². The number of ketones is 1. The number of nitrogens with zero attached hydrogens (tertiary/aromatic N) is 1. The van der Waals surface area contributed by atoms with Gasteiger partial charge in [-0.1, -0.05) is 29.3 Å². The van der Waals surface area contributed by atoms with E-state index in [0.29, 0.717) is 17.7 Å². The largest absolute Gasteiger partial charge is 0.481 e. The Kier molecular flexibility index (Phi) is 9.10. The van der Waals surface area contributed by atoms with Gasteiger partial charge in [0.2, 0.25) is 5.78 Å². The first kappa shape index (κ1) is 22.1. The molecule has 136 valence electrons. The van der Waals surface area contributed by atoms with Gasteiger partial charge in [0.1, 0.15) is 0 Å². The maximum Gasteiger partial charge on any atom is 0.303 e. The molecule has 0 saturated carbocycles. The summed E-state index contributed by atoms with van der Waals surface area (Å²) in [5.41, 5.74) is 2.33. The number of aromatic nitrogens is 1. The lowest BCUT2D eigenvalue weighted by molar-refractivity contribution is -0.137. The Morgan fingerprint density at radius 3 is 2.28 bits per heavy atom. The summed E-state index contributed by atoms with van der Waals surface area (Å²) in [6.45, 7) is 3.91. The molecule has 2 rings (SSSR count). The lowest BCUT2D eigenvalue weighted by atomic mass is 10.1. The Hall–Kier alpha value is -0.920. The maximum absolute atomic E-state index is 12.6. The number of hydrogen-bond donors (Lipinski definition) is 1. The third-order valence-corrected chi connectivity index (χ3v) is 5.94. The van der Waals surface area contributed by atoms with Crippen LogP contribution in [0.3, 0.4) is 0 Å². The molecular formula is C18H20Br3NO3. The van der Waals surface area contributed by atoms with Gasteiger partial charge in [-0.15, -0.1) is 0 Å². The second-order valence-corrected chi connectivity index (χ2v) is 8.10. The predicted octanol–water partition coefficient (Wildman–Crippen LogP) is 6.11. The van der Waals surface area contributed by atoms with Crippen LogP contribution in [0.1, 0.15) is 47.8 Å². The fraction of sp³-hybridized carbons (Fsp3) is 0.333. The van der Waals surface area contributed by atoms with E-state index in [2.05, 4.69) is 47.8 Å². The number of rotatable bonds is 5. The Balaban J connectivity index is 0.000000381. The highest BCUT2D eigenvalue weighted by Gasteiger charge is 2.19. The first-order valence-corrected chi connectivity index (χ1v) is 10.1. The molecule has 0 radical (unpaired) electrons. The second kappa shape index (κ2) is 10.3. The van der Waals surface area contributed by atoms with Crippen LogP contribution in [0.2, 0.25) is 0 Å². The molecule has 0 aliphatic heterocycles. The van der Waals surface area contributed by atoms with Crippen molar-refractivity contribution >= 4 is 59.5 Å². The molecule has 0 aliphatic carbocycles. The molecule has 7 heteroatoms. The second-order valence-electron chi connectivity index (χ2n) is 5.53.